The summed E-state index contributed by atoms with van der Waals surface area (Å²) >= 11 is 0. The fourth-order valence-electron chi connectivity index (χ4n) is 4.70. The third-order valence-corrected chi connectivity index (χ3v) is 6.75. The van der Waals surface area contributed by atoms with Crippen LogP contribution in [0.1, 0.15) is 68.7 Å². The third kappa shape index (κ3) is 6.57. The van der Waals surface area contributed by atoms with Crippen molar-refractivity contribution in [2.24, 2.45) is 0 Å². The Kier molecular flexibility index (Phi) is 10.0. The van der Waals surface area contributed by atoms with Gasteiger partial charge in [-0.25, -0.2) is 4.39 Å². The second-order valence-corrected chi connectivity index (χ2v) is 9.43. The lowest BCUT2D eigenvalue weighted by Gasteiger charge is -2.29. The van der Waals surface area contributed by atoms with Crippen LogP contribution in [0.5, 0.6) is 0 Å². The van der Waals surface area contributed by atoms with E-state index in [1.54, 1.807) is 35.2 Å². The molecule has 6 heteroatoms. The molecule has 1 heterocycles. The van der Waals surface area contributed by atoms with Crippen LogP contribution in [0.3, 0.4) is 0 Å². The number of carbonyl (C=O) groups excluding carboxylic acids is 1. The van der Waals surface area contributed by atoms with Crippen LogP contribution in [-0.4, -0.2) is 58.2 Å². The molecule has 0 aliphatic carbocycles. The summed E-state index contributed by atoms with van der Waals surface area (Å²) < 4.78 is 15.0. The first-order valence-corrected chi connectivity index (χ1v) is 12.8. The highest BCUT2D eigenvalue weighted by atomic mass is 19.1. The molecular weight excluding hydrogens is 443 g/mol. The molecule has 3 rings (SSSR count). The van der Waals surface area contributed by atoms with Crippen molar-refractivity contribution in [2.75, 3.05) is 26.2 Å². The van der Waals surface area contributed by atoms with E-state index in [0.29, 0.717) is 12.1 Å². The quantitative estimate of drug-likeness (QED) is 0.303. The van der Waals surface area contributed by atoms with Gasteiger partial charge in [0.25, 0.3) is 0 Å². The fourth-order valence-corrected chi connectivity index (χ4v) is 4.70. The number of carbonyl (C=O) groups is 1. The highest BCUT2D eigenvalue weighted by Crippen LogP contribution is 2.41. The topological polar surface area (TPSA) is 64.0 Å². The Morgan fingerprint density at radius 2 is 1.57 bits per heavy atom. The minimum atomic E-state index is -1.43. The van der Waals surface area contributed by atoms with Gasteiger partial charge >= 0.3 is 0 Å². The van der Waals surface area contributed by atoms with Gasteiger partial charge in [-0.3, -0.25) is 9.69 Å². The molecule has 2 aromatic carbocycles. The van der Waals surface area contributed by atoms with Crippen LogP contribution in [0.15, 0.2) is 54.1 Å². The Bertz CT molecular complexity index is 997. The van der Waals surface area contributed by atoms with Crippen molar-refractivity contribution in [3.05, 3.63) is 76.6 Å². The van der Waals surface area contributed by atoms with Crippen LogP contribution in [0.4, 0.5) is 4.39 Å². The summed E-state index contributed by atoms with van der Waals surface area (Å²) in [5.41, 5.74) is 1.81. The van der Waals surface area contributed by atoms with E-state index in [4.69, 9.17) is 0 Å². The van der Waals surface area contributed by atoms with E-state index >= 15 is 0 Å². The number of Topliss-reactive ketones (excluding diaryl/α,β-unsaturated/α-hetero) is 1. The van der Waals surface area contributed by atoms with Crippen LogP contribution >= 0.6 is 0 Å². The standard InChI is InChI=1S/C29H39FN2O3/c1-4-6-17-31(18-7-5-2)19-10-20-32-26(23-11-8-9-12-24(23)30)25(28(34)29(32)35)27(33)22-15-13-21(3)14-16-22/h8-9,11-16,26,29,33,35H,4-7,10,17-20H2,1-3H3/t26-,29-/m0/s1. The number of hydrogen-bond donors (Lipinski definition) is 2. The first-order valence-electron chi connectivity index (χ1n) is 12.8. The molecule has 35 heavy (non-hydrogen) atoms. The smallest absolute Gasteiger partial charge is 0.208 e. The maximum Gasteiger partial charge on any atom is 0.208 e. The van der Waals surface area contributed by atoms with Crippen molar-refractivity contribution in [3.63, 3.8) is 0 Å². The van der Waals surface area contributed by atoms with Gasteiger partial charge in [0.15, 0.2) is 6.23 Å². The Balaban J connectivity index is 1.91. The molecule has 2 N–H and O–H groups in total. The molecule has 1 saturated heterocycles. The van der Waals surface area contributed by atoms with Gasteiger partial charge < -0.3 is 15.1 Å². The molecular formula is C29H39FN2O3. The summed E-state index contributed by atoms with van der Waals surface area (Å²) in [5.74, 6) is -1.26. The van der Waals surface area contributed by atoms with Crippen molar-refractivity contribution in [3.8, 4) is 0 Å². The van der Waals surface area contributed by atoms with Crippen molar-refractivity contribution >= 4 is 11.5 Å². The van der Waals surface area contributed by atoms with E-state index in [1.807, 2.05) is 19.1 Å². The maximum absolute atomic E-state index is 15.0. The van der Waals surface area contributed by atoms with Crippen molar-refractivity contribution in [1.29, 1.82) is 0 Å². The summed E-state index contributed by atoms with van der Waals surface area (Å²) in [6.45, 7) is 9.58. The van der Waals surface area contributed by atoms with Gasteiger partial charge in [-0.15, -0.1) is 0 Å². The van der Waals surface area contributed by atoms with E-state index in [-0.39, 0.29) is 16.9 Å². The predicted octanol–water partition coefficient (Wildman–Crippen LogP) is 5.64. The second-order valence-electron chi connectivity index (χ2n) is 9.43. The minimum Gasteiger partial charge on any atom is -0.507 e. The van der Waals surface area contributed by atoms with Gasteiger partial charge in [0.05, 0.1) is 11.6 Å². The van der Waals surface area contributed by atoms with Gasteiger partial charge in [0.2, 0.25) is 5.78 Å². The Hall–Kier alpha value is -2.54. The van der Waals surface area contributed by atoms with Crippen LogP contribution in [0.2, 0.25) is 0 Å². The molecule has 190 valence electrons. The van der Waals surface area contributed by atoms with E-state index in [2.05, 4.69) is 18.7 Å². The number of benzene rings is 2. The summed E-state index contributed by atoms with van der Waals surface area (Å²) in [5, 5.41) is 22.1. The number of likely N-dealkylation sites (tertiary alicyclic amines) is 1. The number of aryl methyl sites for hydroxylation is 1. The average Bonchev–Trinajstić information content (AvgIpc) is 3.10. The molecule has 0 saturated carbocycles. The Labute approximate surface area is 208 Å². The number of ketones is 1. The maximum atomic E-state index is 15.0. The molecule has 0 amide bonds. The first-order chi connectivity index (χ1) is 16.9. The zero-order valence-electron chi connectivity index (χ0n) is 21.2. The van der Waals surface area contributed by atoms with Crippen LogP contribution < -0.4 is 0 Å². The lowest BCUT2D eigenvalue weighted by molar-refractivity contribution is -0.127. The number of nitrogens with zero attached hydrogens (tertiary/aromatic N) is 2. The fraction of sp³-hybridized carbons (Fsp3) is 0.483. The molecule has 0 aromatic heterocycles. The predicted molar refractivity (Wildman–Crippen MR) is 138 cm³/mol. The third-order valence-electron chi connectivity index (χ3n) is 6.75. The molecule has 1 fully saturated rings. The molecule has 1 aliphatic heterocycles. The first kappa shape index (κ1) is 27.1. The van der Waals surface area contributed by atoms with Crippen molar-refractivity contribution in [1.82, 2.24) is 9.80 Å². The lowest BCUT2D eigenvalue weighted by atomic mass is 9.94. The normalized spacial score (nSPS) is 20.1. The number of aliphatic hydroxyl groups excluding tert-OH is 2. The molecule has 1 aliphatic rings. The molecule has 5 nitrogen and oxygen atoms in total. The van der Waals surface area contributed by atoms with Gasteiger partial charge in [-0.1, -0.05) is 74.7 Å². The number of unbranched alkanes of at least 4 members (excludes halogenated alkanes) is 2. The van der Waals surface area contributed by atoms with E-state index in [1.165, 1.54) is 6.07 Å². The van der Waals surface area contributed by atoms with Crippen molar-refractivity contribution in [2.45, 2.75) is 65.1 Å². The largest absolute Gasteiger partial charge is 0.507 e. The van der Waals surface area contributed by atoms with E-state index in [9.17, 15) is 19.4 Å². The van der Waals surface area contributed by atoms with Crippen LogP contribution in [-0.2, 0) is 4.79 Å². The zero-order valence-corrected chi connectivity index (χ0v) is 21.2. The average molecular weight is 483 g/mol. The number of halogens is 1. The van der Waals surface area contributed by atoms with Crippen LogP contribution in [0.25, 0.3) is 5.76 Å². The van der Waals surface area contributed by atoms with Crippen LogP contribution in [0, 0.1) is 12.7 Å². The Morgan fingerprint density at radius 3 is 2.17 bits per heavy atom. The van der Waals surface area contributed by atoms with Gasteiger partial charge in [-0.2, -0.15) is 0 Å². The Morgan fingerprint density at radius 1 is 0.971 bits per heavy atom. The molecule has 0 spiro atoms. The van der Waals surface area contributed by atoms with Gasteiger partial charge in [-0.05, 0) is 51.9 Å². The molecule has 0 bridgehead atoms. The molecule has 0 unspecified atom stereocenters. The summed E-state index contributed by atoms with van der Waals surface area (Å²) in [6, 6.07) is 12.6. The van der Waals surface area contributed by atoms with E-state index in [0.717, 1.165) is 57.3 Å². The zero-order chi connectivity index (χ0) is 25.4. The van der Waals surface area contributed by atoms with Gasteiger partial charge in [0, 0.05) is 17.7 Å². The summed E-state index contributed by atoms with van der Waals surface area (Å²) in [4.78, 5) is 17.3. The summed E-state index contributed by atoms with van der Waals surface area (Å²) in [6.07, 6.45) is 3.81. The monoisotopic (exact) mass is 482 g/mol. The summed E-state index contributed by atoms with van der Waals surface area (Å²) in [7, 11) is 0. The second kappa shape index (κ2) is 13.0. The van der Waals surface area contributed by atoms with E-state index < -0.39 is 23.9 Å². The minimum absolute atomic E-state index is 0.0419. The van der Waals surface area contributed by atoms with Crippen molar-refractivity contribution < 1.29 is 19.4 Å². The number of aliphatic hydroxyl groups is 2. The lowest BCUT2D eigenvalue weighted by Crippen LogP contribution is -2.37. The highest BCUT2D eigenvalue weighted by Gasteiger charge is 2.46. The number of rotatable bonds is 12. The van der Waals surface area contributed by atoms with Gasteiger partial charge in [0.1, 0.15) is 11.6 Å². The molecule has 2 aromatic rings. The highest BCUT2D eigenvalue weighted by molar-refractivity contribution is 6.07. The molecule has 2 atom stereocenters. The number of hydrogen-bond acceptors (Lipinski definition) is 5. The SMILES string of the molecule is CCCCN(CCCC)CCCN1[C@@H](c2ccccc2F)C(=C(O)c2ccc(C)cc2)C(=O)[C@@H]1O. The molecule has 0 radical (unpaired) electrons.